The summed E-state index contributed by atoms with van der Waals surface area (Å²) < 4.78 is 5.64. The second kappa shape index (κ2) is 7.20. The molecule has 2 atom stereocenters. The van der Waals surface area contributed by atoms with E-state index in [0.29, 0.717) is 12.1 Å². The molecule has 0 aromatic carbocycles. The van der Waals surface area contributed by atoms with Gasteiger partial charge in [-0.15, -0.1) is 0 Å². The molecule has 3 nitrogen and oxygen atoms in total. The van der Waals surface area contributed by atoms with Gasteiger partial charge in [0.1, 0.15) is 0 Å². The smallest absolute Gasteiger partial charge is 0.0700 e. The second-order valence-corrected chi connectivity index (χ2v) is 4.67. The first-order valence-corrected chi connectivity index (χ1v) is 6.32. The number of hydrogen-bond donors (Lipinski definition) is 1. The Kier molecular flexibility index (Phi) is 6.22. The van der Waals surface area contributed by atoms with E-state index < -0.39 is 0 Å². The first-order chi connectivity index (χ1) is 7.22. The van der Waals surface area contributed by atoms with E-state index >= 15 is 0 Å². The minimum absolute atomic E-state index is 0.359. The number of unbranched alkanes of at least 4 members (excludes halogenated alkanes) is 1. The van der Waals surface area contributed by atoms with E-state index in [1.165, 1.54) is 19.4 Å². The first-order valence-electron chi connectivity index (χ1n) is 6.32. The molecule has 2 unspecified atom stereocenters. The lowest BCUT2D eigenvalue weighted by molar-refractivity contribution is -0.0299. The fourth-order valence-electron chi connectivity index (χ4n) is 2.03. The van der Waals surface area contributed by atoms with Gasteiger partial charge in [0.25, 0.3) is 0 Å². The van der Waals surface area contributed by atoms with Crippen LogP contribution in [0.4, 0.5) is 0 Å². The van der Waals surface area contributed by atoms with Crippen molar-refractivity contribution in [1.82, 2.24) is 4.90 Å². The molecule has 0 aliphatic carbocycles. The van der Waals surface area contributed by atoms with Crippen LogP contribution < -0.4 is 5.73 Å². The molecule has 0 amide bonds. The van der Waals surface area contributed by atoms with Gasteiger partial charge in [0.15, 0.2) is 0 Å². The van der Waals surface area contributed by atoms with Crippen LogP contribution >= 0.6 is 0 Å². The lowest BCUT2D eigenvalue weighted by Gasteiger charge is -2.32. The van der Waals surface area contributed by atoms with Crippen LogP contribution in [0.3, 0.4) is 0 Å². The molecule has 1 rings (SSSR count). The van der Waals surface area contributed by atoms with Gasteiger partial charge in [0.2, 0.25) is 0 Å². The lowest BCUT2D eigenvalue weighted by atomic mass is 10.1. The monoisotopic (exact) mass is 214 g/mol. The number of nitrogens with two attached hydrogens (primary N) is 1. The van der Waals surface area contributed by atoms with E-state index in [4.69, 9.17) is 10.5 Å². The zero-order valence-electron chi connectivity index (χ0n) is 10.2. The van der Waals surface area contributed by atoms with Crippen molar-refractivity contribution in [3.8, 4) is 0 Å². The molecule has 1 heterocycles. The van der Waals surface area contributed by atoms with Crippen molar-refractivity contribution in [1.29, 1.82) is 0 Å². The van der Waals surface area contributed by atoms with Crippen LogP contribution in [0.2, 0.25) is 0 Å². The predicted octanol–water partition coefficient (Wildman–Crippen LogP) is 1.61. The number of nitrogens with zero attached hydrogens (tertiary/aromatic N) is 1. The SMILES string of the molecule is CCC1CN(CCCCC(C)N)CCO1. The average Bonchev–Trinajstić information content (AvgIpc) is 2.24. The highest BCUT2D eigenvalue weighted by molar-refractivity contribution is 4.70. The summed E-state index contributed by atoms with van der Waals surface area (Å²) in [4.78, 5) is 2.53. The molecule has 1 aliphatic heterocycles. The summed E-state index contributed by atoms with van der Waals surface area (Å²) >= 11 is 0. The molecular weight excluding hydrogens is 188 g/mol. The van der Waals surface area contributed by atoms with Crippen molar-refractivity contribution in [2.24, 2.45) is 5.73 Å². The maximum atomic E-state index is 5.72. The third-order valence-electron chi connectivity index (χ3n) is 3.06. The maximum absolute atomic E-state index is 5.72. The van der Waals surface area contributed by atoms with E-state index in [1.54, 1.807) is 0 Å². The standard InChI is InChI=1S/C12H26N2O/c1-3-12-10-14(8-9-15-12)7-5-4-6-11(2)13/h11-12H,3-10,13H2,1-2H3. The van der Waals surface area contributed by atoms with Crippen molar-refractivity contribution in [3.63, 3.8) is 0 Å². The summed E-state index contributed by atoms with van der Waals surface area (Å²) in [5, 5.41) is 0. The van der Waals surface area contributed by atoms with Crippen molar-refractivity contribution in [2.45, 2.75) is 51.7 Å². The van der Waals surface area contributed by atoms with Crippen molar-refractivity contribution in [2.75, 3.05) is 26.2 Å². The lowest BCUT2D eigenvalue weighted by Crippen LogP contribution is -2.42. The van der Waals surface area contributed by atoms with E-state index in [1.807, 2.05) is 0 Å². The molecule has 0 bridgehead atoms. The maximum Gasteiger partial charge on any atom is 0.0700 e. The molecule has 0 aromatic rings. The molecule has 1 saturated heterocycles. The Labute approximate surface area is 94.0 Å². The van der Waals surface area contributed by atoms with E-state index in [9.17, 15) is 0 Å². The van der Waals surface area contributed by atoms with Crippen molar-refractivity contribution < 1.29 is 4.74 Å². The summed E-state index contributed by atoms with van der Waals surface area (Å²) in [7, 11) is 0. The molecular formula is C12H26N2O. The number of hydrogen-bond acceptors (Lipinski definition) is 3. The van der Waals surface area contributed by atoms with Gasteiger partial charge < -0.3 is 10.5 Å². The highest BCUT2D eigenvalue weighted by Gasteiger charge is 2.17. The van der Waals surface area contributed by atoms with Crippen molar-refractivity contribution in [3.05, 3.63) is 0 Å². The van der Waals surface area contributed by atoms with Crippen LogP contribution in [0.25, 0.3) is 0 Å². The van der Waals surface area contributed by atoms with E-state index in [-0.39, 0.29) is 0 Å². The molecule has 0 aromatic heterocycles. The molecule has 0 spiro atoms. The minimum atomic E-state index is 0.359. The Balaban J connectivity index is 2.05. The third-order valence-corrected chi connectivity index (χ3v) is 3.06. The molecule has 0 radical (unpaired) electrons. The van der Waals surface area contributed by atoms with Crippen molar-refractivity contribution >= 4 is 0 Å². The summed E-state index contributed by atoms with van der Waals surface area (Å²) in [6, 6.07) is 0.359. The molecule has 1 aliphatic rings. The highest BCUT2D eigenvalue weighted by atomic mass is 16.5. The number of morpholine rings is 1. The predicted molar refractivity (Wildman–Crippen MR) is 64.0 cm³/mol. The fraction of sp³-hybridized carbons (Fsp3) is 1.00. The number of ether oxygens (including phenoxy) is 1. The Morgan fingerprint density at radius 3 is 2.93 bits per heavy atom. The Bertz CT molecular complexity index is 162. The van der Waals surface area contributed by atoms with Gasteiger partial charge in [-0.05, 0) is 32.7 Å². The van der Waals surface area contributed by atoms with E-state index in [0.717, 1.165) is 32.5 Å². The zero-order chi connectivity index (χ0) is 11.1. The Hall–Kier alpha value is -0.120. The van der Waals surface area contributed by atoms with Gasteiger partial charge in [-0.2, -0.15) is 0 Å². The third kappa shape index (κ3) is 5.50. The van der Waals surface area contributed by atoms with Gasteiger partial charge >= 0.3 is 0 Å². The number of rotatable bonds is 6. The van der Waals surface area contributed by atoms with Gasteiger partial charge in [-0.1, -0.05) is 13.3 Å². The average molecular weight is 214 g/mol. The highest BCUT2D eigenvalue weighted by Crippen LogP contribution is 2.09. The molecule has 90 valence electrons. The topological polar surface area (TPSA) is 38.5 Å². The summed E-state index contributed by atoms with van der Waals surface area (Å²) in [5.74, 6) is 0. The van der Waals surface area contributed by atoms with Gasteiger partial charge in [0.05, 0.1) is 12.7 Å². The van der Waals surface area contributed by atoms with E-state index in [2.05, 4.69) is 18.7 Å². The van der Waals surface area contributed by atoms with Crippen LogP contribution in [-0.4, -0.2) is 43.3 Å². The van der Waals surface area contributed by atoms with Crippen LogP contribution in [0, 0.1) is 0 Å². The normalized spacial score (nSPS) is 25.4. The summed E-state index contributed by atoms with van der Waals surface area (Å²) in [6.45, 7) is 8.63. The van der Waals surface area contributed by atoms with Crippen LogP contribution in [-0.2, 0) is 4.74 Å². The molecule has 15 heavy (non-hydrogen) atoms. The molecule has 3 heteroatoms. The molecule has 0 saturated carbocycles. The summed E-state index contributed by atoms with van der Waals surface area (Å²) in [5.41, 5.74) is 5.72. The fourth-order valence-corrected chi connectivity index (χ4v) is 2.03. The molecule has 1 fully saturated rings. The van der Waals surface area contributed by atoms with Gasteiger partial charge in [-0.25, -0.2) is 0 Å². The van der Waals surface area contributed by atoms with Crippen LogP contribution in [0.1, 0.15) is 39.5 Å². The van der Waals surface area contributed by atoms with Gasteiger partial charge in [0, 0.05) is 19.1 Å². The second-order valence-electron chi connectivity index (χ2n) is 4.67. The Morgan fingerprint density at radius 1 is 1.47 bits per heavy atom. The minimum Gasteiger partial charge on any atom is -0.376 e. The first kappa shape index (κ1) is 12.9. The van der Waals surface area contributed by atoms with Crippen LogP contribution in [0.15, 0.2) is 0 Å². The van der Waals surface area contributed by atoms with Gasteiger partial charge in [-0.3, -0.25) is 4.90 Å². The zero-order valence-corrected chi connectivity index (χ0v) is 10.2. The molecule has 2 N–H and O–H groups in total. The summed E-state index contributed by atoms with van der Waals surface area (Å²) in [6.07, 6.45) is 5.29. The van der Waals surface area contributed by atoms with Crippen LogP contribution in [0.5, 0.6) is 0 Å². The largest absolute Gasteiger partial charge is 0.376 e. The Morgan fingerprint density at radius 2 is 2.27 bits per heavy atom. The quantitative estimate of drug-likeness (QED) is 0.683.